The monoisotopic (exact) mass is 242 g/mol. The number of rotatable bonds is 4. The number of carbonyl (C=O) groups is 1. The second-order valence-electron chi connectivity index (χ2n) is 4.29. The zero-order chi connectivity index (χ0) is 12.3. The summed E-state index contributed by atoms with van der Waals surface area (Å²) in [6, 6.07) is 4.81. The van der Waals surface area contributed by atoms with Gasteiger partial charge in [0.05, 0.1) is 5.41 Å². The van der Waals surface area contributed by atoms with E-state index in [0.29, 0.717) is 5.56 Å². The van der Waals surface area contributed by atoms with Gasteiger partial charge in [-0.1, -0.05) is 6.07 Å². The van der Waals surface area contributed by atoms with Crippen LogP contribution in [0.2, 0.25) is 0 Å². The Balaban J connectivity index is 3.09. The van der Waals surface area contributed by atoms with Crippen molar-refractivity contribution in [3.8, 4) is 0 Å². The Labute approximate surface area is 98.9 Å². The average Bonchev–Trinajstić information content (AvgIpc) is 2.20. The van der Waals surface area contributed by atoms with Gasteiger partial charge in [0.15, 0.2) is 0 Å². The number of aliphatic carboxylic acids is 1. The molecule has 1 aromatic rings. The van der Waals surface area contributed by atoms with Crippen LogP contribution < -0.4 is 0 Å². The molecule has 0 aliphatic rings. The van der Waals surface area contributed by atoms with Crippen molar-refractivity contribution in [2.45, 2.75) is 25.2 Å². The lowest BCUT2D eigenvalue weighted by Gasteiger charge is -2.20. The number of hydrogen-bond acceptors (Lipinski definition) is 2. The quantitative estimate of drug-likeness (QED) is 0.824. The van der Waals surface area contributed by atoms with Crippen LogP contribution in [0.4, 0.5) is 4.39 Å². The summed E-state index contributed by atoms with van der Waals surface area (Å²) in [4.78, 5) is 11.8. The fraction of sp³-hybridized carbons (Fsp3) is 0.417. The molecular formula is C12H15FO2S. The number of thioether (sulfide) groups is 1. The van der Waals surface area contributed by atoms with Gasteiger partial charge in [-0.15, -0.1) is 11.8 Å². The molecular weight excluding hydrogens is 227 g/mol. The molecule has 4 heteroatoms. The third-order valence-corrected chi connectivity index (χ3v) is 3.32. The molecule has 0 aliphatic heterocycles. The molecule has 16 heavy (non-hydrogen) atoms. The molecule has 0 unspecified atom stereocenters. The molecule has 0 atom stereocenters. The second kappa shape index (κ2) is 4.87. The minimum Gasteiger partial charge on any atom is -0.481 e. The van der Waals surface area contributed by atoms with Gasteiger partial charge in [0.1, 0.15) is 5.82 Å². The highest BCUT2D eigenvalue weighted by molar-refractivity contribution is 7.98. The van der Waals surface area contributed by atoms with Crippen LogP contribution in [0.15, 0.2) is 23.1 Å². The molecule has 0 heterocycles. The highest BCUT2D eigenvalue weighted by atomic mass is 32.2. The summed E-state index contributed by atoms with van der Waals surface area (Å²) >= 11 is 1.43. The maximum Gasteiger partial charge on any atom is 0.309 e. The average molecular weight is 242 g/mol. The lowest BCUT2D eigenvalue weighted by Crippen LogP contribution is -2.26. The van der Waals surface area contributed by atoms with E-state index in [1.165, 1.54) is 17.8 Å². The van der Waals surface area contributed by atoms with Crippen LogP contribution in [0.25, 0.3) is 0 Å². The maximum absolute atomic E-state index is 13.6. The van der Waals surface area contributed by atoms with E-state index >= 15 is 0 Å². The first-order valence-corrected chi connectivity index (χ1v) is 6.15. The van der Waals surface area contributed by atoms with Crippen LogP contribution >= 0.6 is 11.8 Å². The highest BCUT2D eigenvalue weighted by Crippen LogP contribution is 2.30. The Bertz CT molecular complexity index is 402. The van der Waals surface area contributed by atoms with E-state index in [0.717, 1.165) is 4.90 Å². The summed E-state index contributed by atoms with van der Waals surface area (Å²) in [5.41, 5.74) is -0.463. The summed E-state index contributed by atoms with van der Waals surface area (Å²) in [7, 11) is 0. The molecule has 0 bridgehead atoms. The summed E-state index contributed by atoms with van der Waals surface area (Å²) in [5.74, 6) is -1.25. The Morgan fingerprint density at radius 1 is 1.50 bits per heavy atom. The van der Waals surface area contributed by atoms with Crippen LogP contribution in [0.3, 0.4) is 0 Å². The highest BCUT2D eigenvalue weighted by Gasteiger charge is 2.29. The molecule has 1 rings (SSSR count). The normalized spacial score (nSPS) is 11.5. The largest absolute Gasteiger partial charge is 0.481 e. The molecule has 0 aromatic heterocycles. The van der Waals surface area contributed by atoms with E-state index in [1.807, 2.05) is 6.26 Å². The van der Waals surface area contributed by atoms with Gasteiger partial charge in [0.2, 0.25) is 0 Å². The summed E-state index contributed by atoms with van der Waals surface area (Å²) in [5, 5.41) is 9.03. The molecule has 0 aliphatic carbocycles. The minimum absolute atomic E-state index is 0.200. The molecule has 0 spiro atoms. The molecule has 0 saturated heterocycles. The lowest BCUT2D eigenvalue weighted by atomic mass is 9.86. The predicted molar refractivity (Wildman–Crippen MR) is 63.3 cm³/mol. The van der Waals surface area contributed by atoms with Gasteiger partial charge in [0.25, 0.3) is 0 Å². The van der Waals surface area contributed by atoms with Crippen molar-refractivity contribution in [3.63, 3.8) is 0 Å². The first kappa shape index (κ1) is 13.0. The van der Waals surface area contributed by atoms with Crippen molar-refractivity contribution in [2.24, 2.45) is 5.41 Å². The van der Waals surface area contributed by atoms with E-state index in [2.05, 4.69) is 0 Å². The fourth-order valence-corrected chi connectivity index (χ4v) is 2.05. The topological polar surface area (TPSA) is 37.3 Å². The van der Waals surface area contributed by atoms with Crippen molar-refractivity contribution in [3.05, 3.63) is 29.6 Å². The molecule has 88 valence electrons. The van der Waals surface area contributed by atoms with Crippen molar-refractivity contribution >= 4 is 17.7 Å². The predicted octanol–water partition coefficient (Wildman–Crippen LogP) is 3.20. The van der Waals surface area contributed by atoms with Gasteiger partial charge in [-0.25, -0.2) is 4.39 Å². The van der Waals surface area contributed by atoms with Crippen molar-refractivity contribution in [1.29, 1.82) is 0 Å². The number of carboxylic acid groups (broad SMARTS) is 1. The van der Waals surface area contributed by atoms with E-state index in [1.54, 1.807) is 26.0 Å². The van der Waals surface area contributed by atoms with Crippen molar-refractivity contribution in [2.75, 3.05) is 6.26 Å². The van der Waals surface area contributed by atoms with E-state index in [4.69, 9.17) is 5.11 Å². The zero-order valence-corrected chi connectivity index (χ0v) is 10.4. The molecule has 0 amide bonds. The van der Waals surface area contributed by atoms with Crippen molar-refractivity contribution in [1.82, 2.24) is 0 Å². The summed E-state index contributed by atoms with van der Waals surface area (Å²) < 4.78 is 13.6. The van der Waals surface area contributed by atoms with Crippen LogP contribution in [0.1, 0.15) is 19.4 Å². The first-order valence-electron chi connectivity index (χ1n) is 4.93. The molecule has 0 fully saturated rings. The Kier molecular flexibility index (Phi) is 3.97. The van der Waals surface area contributed by atoms with Gasteiger partial charge in [-0.3, -0.25) is 4.79 Å². The molecule has 1 N–H and O–H groups in total. The van der Waals surface area contributed by atoms with Gasteiger partial charge in [-0.05, 0) is 38.7 Å². The van der Waals surface area contributed by atoms with Gasteiger partial charge < -0.3 is 5.11 Å². The fourth-order valence-electron chi connectivity index (χ4n) is 1.42. The Morgan fingerprint density at radius 3 is 2.62 bits per heavy atom. The van der Waals surface area contributed by atoms with E-state index in [9.17, 15) is 9.18 Å². The Morgan fingerprint density at radius 2 is 2.12 bits per heavy atom. The van der Waals surface area contributed by atoms with Crippen molar-refractivity contribution < 1.29 is 14.3 Å². The number of carboxylic acids is 1. The molecule has 1 aromatic carbocycles. The van der Waals surface area contributed by atoms with Gasteiger partial charge in [-0.2, -0.15) is 0 Å². The number of hydrogen-bond donors (Lipinski definition) is 1. The van der Waals surface area contributed by atoms with Crippen LogP contribution in [0.5, 0.6) is 0 Å². The third kappa shape index (κ3) is 2.76. The standard InChI is InChI=1S/C12H15FO2S/c1-12(2,11(14)15)7-8-9(13)5-4-6-10(8)16-3/h4-6H,7H2,1-3H3,(H,14,15). The number of halogens is 1. The number of benzene rings is 1. The minimum atomic E-state index is -0.952. The lowest BCUT2D eigenvalue weighted by molar-refractivity contribution is -0.146. The first-order chi connectivity index (χ1) is 7.38. The van der Waals surface area contributed by atoms with Gasteiger partial charge in [0, 0.05) is 10.5 Å². The Hall–Kier alpha value is -1.03. The van der Waals surface area contributed by atoms with E-state index in [-0.39, 0.29) is 12.2 Å². The van der Waals surface area contributed by atoms with Gasteiger partial charge >= 0.3 is 5.97 Å². The molecule has 0 saturated carbocycles. The second-order valence-corrected chi connectivity index (χ2v) is 5.13. The van der Waals surface area contributed by atoms with Crippen LogP contribution in [-0.4, -0.2) is 17.3 Å². The molecule has 2 nitrogen and oxygen atoms in total. The van der Waals surface area contributed by atoms with Crippen LogP contribution in [0, 0.1) is 11.2 Å². The summed E-state index contributed by atoms with van der Waals surface area (Å²) in [6.07, 6.45) is 2.05. The third-order valence-electron chi connectivity index (χ3n) is 2.49. The van der Waals surface area contributed by atoms with Crippen LogP contribution in [-0.2, 0) is 11.2 Å². The maximum atomic E-state index is 13.6. The summed E-state index contributed by atoms with van der Waals surface area (Å²) in [6.45, 7) is 3.21. The smallest absolute Gasteiger partial charge is 0.309 e. The molecule has 0 radical (unpaired) electrons. The van der Waals surface area contributed by atoms with E-state index < -0.39 is 11.4 Å². The SMILES string of the molecule is CSc1cccc(F)c1CC(C)(C)C(=O)O. The zero-order valence-electron chi connectivity index (χ0n) is 9.58.